The third kappa shape index (κ3) is 5.28. The van der Waals surface area contributed by atoms with Gasteiger partial charge in [-0.1, -0.05) is 48.5 Å². The van der Waals surface area contributed by atoms with Gasteiger partial charge in [-0.15, -0.1) is 0 Å². The van der Waals surface area contributed by atoms with Gasteiger partial charge in [0.2, 0.25) is 5.82 Å². The molecule has 6 aromatic rings. The molecule has 4 aromatic carbocycles. The maximum atomic E-state index is 13.6. The summed E-state index contributed by atoms with van der Waals surface area (Å²) < 4.78 is 25.4. The van der Waals surface area contributed by atoms with Crippen LogP contribution in [0.15, 0.2) is 105 Å². The number of halogens is 1. The Bertz CT molecular complexity index is 1960. The number of rotatable bonds is 8. The molecule has 6 rings (SSSR count). The van der Waals surface area contributed by atoms with Crippen molar-refractivity contribution in [3.8, 4) is 28.8 Å². The van der Waals surface area contributed by atoms with E-state index in [1.54, 1.807) is 38.6 Å². The van der Waals surface area contributed by atoms with Crippen LogP contribution >= 0.6 is 22.6 Å². The fourth-order valence-electron chi connectivity index (χ4n) is 4.52. The molecule has 2 heterocycles. The standard InChI is InChI=1S/C32H24IN3O5/c1-38-26-13-8-14-27-23(26)17-29(41-27)31-35-25-12-7-6-11-22(25)32(37)36(31)34-18-21-15-24(33)30(28(16-21)39-2)40-19-20-9-4-3-5-10-20/h3-18H,19H2,1-2H3. The van der Waals surface area contributed by atoms with Crippen LogP contribution in [0, 0.1) is 3.57 Å². The highest BCUT2D eigenvalue weighted by Crippen LogP contribution is 2.35. The first-order chi connectivity index (χ1) is 20.1. The summed E-state index contributed by atoms with van der Waals surface area (Å²) in [5.41, 5.74) is 2.61. The molecule has 204 valence electrons. The molecule has 0 spiro atoms. The summed E-state index contributed by atoms with van der Waals surface area (Å²) >= 11 is 2.21. The van der Waals surface area contributed by atoms with Crippen LogP contribution in [0.5, 0.6) is 17.2 Å². The molecular formula is C32H24IN3O5. The number of nitrogens with zero attached hydrogens (tertiary/aromatic N) is 3. The molecule has 2 aromatic heterocycles. The molecule has 0 aliphatic rings. The molecule has 0 aliphatic carbocycles. The summed E-state index contributed by atoms with van der Waals surface area (Å²) in [5, 5.41) is 5.80. The zero-order valence-electron chi connectivity index (χ0n) is 22.2. The van der Waals surface area contributed by atoms with Gasteiger partial charge in [0.15, 0.2) is 17.3 Å². The van der Waals surface area contributed by atoms with Crippen LogP contribution in [0.2, 0.25) is 0 Å². The van der Waals surface area contributed by atoms with E-state index in [1.807, 2.05) is 72.8 Å². The van der Waals surface area contributed by atoms with Gasteiger partial charge in [0.25, 0.3) is 5.56 Å². The quantitative estimate of drug-likeness (QED) is 0.131. The van der Waals surface area contributed by atoms with Gasteiger partial charge in [0, 0.05) is 0 Å². The first-order valence-corrected chi connectivity index (χ1v) is 13.8. The zero-order valence-corrected chi connectivity index (χ0v) is 24.4. The number of aromatic nitrogens is 2. The van der Waals surface area contributed by atoms with Gasteiger partial charge in [0.1, 0.15) is 17.9 Å². The van der Waals surface area contributed by atoms with Gasteiger partial charge < -0.3 is 18.6 Å². The lowest BCUT2D eigenvalue weighted by Crippen LogP contribution is -2.20. The maximum Gasteiger partial charge on any atom is 0.282 e. The van der Waals surface area contributed by atoms with E-state index in [0.717, 1.165) is 20.1 Å². The Hall–Kier alpha value is -4.64. The Kier molecular flexibility index (Phi) is 7.43. The van der Waals surface area contributed by atoms with Crippen molar-refractivity contribution >= 4 is 50.7 Å². The van der Waals surface area contributed by atoms with E-state index >= 15 is 0 Å². The molecule has 0 atom stereocenters. The van der Waals surface area contributed by atoms with E-state index in [1.165, 1.54) is 4.68 Å². The summed E-state index contributed by atoms with van der Waals surface area (Å²) in [6.45, 7) is 0.407. The van der Waals surface area contributed by atoms with Gasteiger partial charge >= 0.3 is 0 Å². The number of hydrogen-bond acceptors (Lipinski definition) is 7. The van der Waals surface area contributed by atoms with Crippen LogP contribution in [0.25, 0.3) is 33.5 Å². The minimum Gasteiger partial charge on any atom is -0.496 e. The van der Waals surface area contributed by atoms with Gasteiger partial charge in [-0.3, -0.25) is 4.79 Å². The van der Waals surface area contributed by atoms with Crippen LogP contribution in [-0.4, -0.2) is 30.1 Å². The van der Waals surface area contributed by atoms with Crippen molar-refractivity contribution in [1.82, 2.24) is 9.66 Å². The summed E-state index contributed by atoms with van der Waals surface area (Å²) in [6, 6.07) is 28.1. The topological polar surface area (TPSA) is 88.1 Å². The van der Waals surface area contributed by atoms with Crippen LogP contribution in [0.4, 0.5) is 0 Å². The number of methoxy groups -OCH3 is 2. The highest BCUT2D eigenvalue weighted by atomic mass is 127. The monoisotopic (exact) mass is 657 g/mol. The SMILES string of the molecule is COc1cc(C=Nn2c(-c3cc4c(OC)cccc4o3)nc3ccccc3c2=O)cc(I)c1OCc1ccccc1. The Balaban J connectivity index is 1.42. The average molecular weight is 657 g/mol. The second kappa shape index (κ2) is 11.5. The third-order valence-corrected chi connectivity index (χ3v) is 7.32. The Labute approximate surface area is 248 Å². The molecule has 0 saturated heterocycles. The largest absolute Gasteiger partial charge is 0.496 e. The van der Waals surface area contributed by atoms with Gasteiger partial charge in [-0.25, -0.2) is 4.98 Å². The van der Waals surface area contributed by atoms with Crippen molar-refractivity contribution in [3.05, 3.63) is 116 Å². The van der Waals surface area contributed by atoms with E-state index in [0.29, 0.717) is 46.1 Å². The lowest BCUT2D eigenvalue weighted by Gasteiger charge is -2.13. The molecule has 9 heteroatoms. The van der Waals surface area contributed by atoms with Crippen LogP contribution in [0.3, 0.4) is 0 Å². The molecule has 41 heavy (non-hydrogen) atoms. The Morgan fingerprint density at radius 3 is 2.49 bits per heavy atom. The van der Waals surface area contributed by atoms with Crippen molar-refractivity contribution in [2.24, 2.45) is 5.10 Å². The Morgan fingerprint density at radius 1 is 0.902 bits per heavy atom. The molecule has 0 radical (unpaired) electrons. The van der Waals surface area contributed by atoms with E-state index in [4.69, 9.17) is 23.6 Å². The fourth-order valence-corrected chi connectivity index (χ4v) is 5.30. The molecule has 0 bridgehead atoms. The summed E-state index contributed by atoms with van der Waals surface area (Å²) in [4.78, 5) is 18.4. The number of benzene rings is 4. The minimum absolute atomic E-state index is 0.271. The molecule has 0 amide bonds. The van der Waals surface area contributed by atoms with E-state index in [2.05, 4.69) is 27.7 Å². The fraction of sp³-hybridized carbons (Fsp3) is 0.0938. The lowest BCUT2D eigenvalue weighted by molar-refractivity contribution is 0.282. The smallest absolute Gasteiger partial charge is 0.282 e. The molecule has 8 nitrogen and oxygen atoms in total. The highest BCUT2D eigenvalue weighted by Gasteiger charge is 2.18. The zero-order chi connectivity index (χ0) is 28.3. The number of hydrogen-bond donors (Lipinski definition) is 0. The second-order valence-corrected chi connectivity index (χ2v) is 10.3. The molecular weight excluding hydrogens is 633 g/mol. The number of ether oxygens (including phenoxy) is 3. The minimum atomic E-state index is -0.321. The highest BCUT2D eigenvalue weighted by molar-refractivity contribution is 14.1. The predicted molar refractivity (Wildman–Crippen MR) is 167 cm³/mol. The van der Waals surface area contributed by atoms with Gasteiger partial charge in [-0.05, 0) is 76.2 Å². The van der Waals surface area contributed by atoms with E-state index in [9.17, 15) is 4.79 Å². The summed E-state index contributed by atoms with van der Waals surface area (Å²) in [7, 11) is 3.19. The van der Waals surface area contributed by atoms with E-state index in [-0.39, 0.29) is 11.4 Å². The normalized spacial score (nSPS) is 11.4. The van der Waals surface area contributed by atoms with Crippen molar-refractivity contribution in [2.45, 2.75) is 6.61 Å². The summed E-state index contributed by atoms with van der Waals surface area (Å²) in [5.74, 6) is 2.51. The molecule has 0 fully saturated rings. The molecule has 0 N–H and O–H groups in total. The van der Waals surface area contributed by atoms with Crippen LogP contribution in [-0.2, 0) is 6.61 Å². The molecule has 0 saturated carbocycles. The van der Waals surface area contributed by atoms with Crippen molar-refractivity contribution in [3.63, 3.8) is 0 Å². The van der Waals surface area contributed by atoms with Crippen molar-refractivity contribution < 1.29 is 18.6 Å². The van der Waals surface area contributed by atoms with E-state index < -0.39 is 0 Å². The number of para-hydroxylation sites is 1. The van der Waals surface area contributed by atoms with Crippen molar-refractivity contribution in [2.75, 3.05) is 14.2 Å². The van der Waals surface area contributed by atoms with Crippen LogP contribution in [0.1, 0.15) is 11.1 Å². The number of fused-ring (bicyclic) bond motifs is 2. The maximum absolute atomic E-state index is 13.6. The first-order valence-electron chi connectivity index (χ1n) is 12.7. The average Bonchev–Trinajstić information content (AvgIpc) is 3.45. The predicted octanol–water partition coefficient (Wildman–Crippen LogP) is 6.89. The van der Waals surface area contributed by atoms with Gasteiger partial charge in [0.05, 0.1) is 40.3 Å². The summed E-state index contributed by atoms with van der Waals surface area (Å²) in [6.07, 6.45) is 1.59. The lowest BCUT2D eigenvalue weighted by atomic mass is 10.2. The van der Waals surface area contributed by atoms with Crippen LogP contribution < -0.4 is 19.8 Å². The van der Waals surface area contributed by atoms with Crippen molar-refractivity contribution in [1.29, 1.82) is 0 Å². The third-order valence-electron chi connectivity index (χ3n) is 6.52. The Morgan fingerprint density at radius 2 is 1.68 bits per heavy atom. The number of furan rings is 1. The van der Waals surface area contributed by atoms with Gasteiger partial charge in [-0.2, -0.15) is 9.78 Å². The molecule has 0 aliphatic heterocycles. The molecule has 0 unspecified atom stereocenters. The second-order valence-electron chi connectivity index (χ2n) is 9.11. The first kappa shape index (κ1) is 26.6.